The van der Waals surface area contributed by atoms with Crippen molar-refractivity contribution in [3.05, 3.63) is 53.9 Å². The fraction of sp³-hybridized carbons (Fsp3) is 0.471. The number of benzene rings is 1. The van der Waals surface area contributed by atoms with Gasteiger partial charge in [-0.25, -0.2) is 0 Å². The molecule has 0 aliphatic carbocycles. The average Bonchev–Trinajstić information content (AvgIpc) is 2.92. The molecule has 0 amide bonds. The lowest BCUT2D eigenvalue weighted by molar-refractivity contribution is 0.533. The number of likely N-dealkylation sites (N-methyl/N-ethyl adjacent to an activating group) is 1. The number of rotatable bonds is 8. The Morgan fingerprint density at radius 1 is 1.15 bits per heavy atom. The zero-order valence-corrected chi connectivity index (χ0v) is 12.5. The van der Waals surface area contributed by atoms with Gasteiger partial charge in [0.1, 0.15) is 0 Å². The Labute approximate surface area is 122 Å². The third-order valence-corrected chi connectivity index (χ3v) is 3.61. The van der Waals surface area contributed by atoms with E-state index in [-0.39, 0.29) is 0 Å². The molecule has 0 saturated carbocycles. The van der Waals surface area contributed by atoms with E-state index in [2.05, 4.69) is 65.3 Å². The minimum Gasteiger partial charge on any atom is -0.316 e. The zero-order chi connectivity index (χ0) is 14.2. The van der Waals surface area contributed by atoms with Crippen LogP contribution in [0.1, 0.15) is 37.4 Å². The van der Waals surface area contributed by atoms with Crippen LogP contribution in [0.4, 0.5) is 0 Å². The summed E-state index contributed by atoms with van der Waals surface area (Å²) in [5, 5.41) is 7.91. The van der Waals surface area contributed by atoms with Gasteiger partial charge in [0, 0.05) is 30.9 Å². The summed E-state index contributed by atoms with van der Waals surface area (Å²) in [7, 11) is 0. The van der Waals surface area contributed by atoms with Gasteiger partial charge < -0.3 is 5.32 Å². The Hall–Kier alpha value is -1.61. The second-order valence-corrected chi connectivity index (χ2v) is 5.17. The van der Waals surface area contributed by atoms with Crippen molar-refractivity contribution in [1.29, 1.82) is 0 Å². The molecule has 0 spiro atoms. The topological polar surface area (TPSA) is 29.9 Å². The van der Waals surface area contributed by atoms with Crippen LogP contribution in [-0.4, -0.2) is 22.9 Å². The smallest absolute Gasteiger partial charge is 0.0492 e. The third kappa shape index (κ3) is 3.94. The third-order valence-electron chi connectivity index (χ3n) is 3.61. The first-order valence-corrected chi connectivity index (χ1v) is 7.61. The van der Waals surface area contributed by atoms with Crippen molar-refractivity contribution in [2.45, 2.75) is 39.2 Å². The summed E-state index contributed by atoms with van der Waals surface area (Å²) in [6, 6.07) is 12.9. The molecular weight excluding hydrogens is 246 g/mol. The first-order chi connectivity index (χ1) is 9.85. The summed E-state index contributed by atoms with van der Waals surface area (Å²) in [5.74, 6) is 0.503. The van der Waals surface area contributed by atoms with Gasteiger partial charge in [-0.05, 0) is 31.0 Å². The molecule has 1 N–H and O–H groups in total. The van der Waals surface area contributed by atoms with Gasteiger partial charge in [-0.3, -0.25) is 4.68 Å². The second-order valence-electron chi connectivity index (χ2n) is 5.17. The molecule has 1 aromatic carbocycles. The van der Waals surface area contributed by atoms with Gasteiger partial charge in [-0.2, -0.15) is 5.10 Å². The summed E-state index contributed by atoms with van der Waals surface area (Å²) in [4.78, 5) is 0. The molecule has 0 radical (unpaired) electrons. The highest BCUT2D eigenvalue weighted by Crippen LogP contribution is 2.20. The van der Waals surface area contributed by atoms with E-state index in [4.69, 9.17) is 0 Å². The Bertz CT molecular complexity index is 490. The van der Waals surface area contributed by atoms with Crippen LogP contribution in [0.5, 0.6) is 0 Å². The second kappa shape index (κ2) is 7.85. The van der Waals surface area contributed by atoms with E-state index < -0.39 is 0 Å². The monoisotopic (exact) mass is 271 g/mol. The molecule has 0 saturated heterocycles. The van der Waals surface area contributed by atoms with Gasteiger partial charge >= 0.3 is 0 Å². The van der Waals surface area contributed by atoms with Crippen LogP contribution < -0.4 is 5.32 Å². The number of nitrogens with one attached hydrogen (secondary N) is 1. The molecular formula is C17H25N3. The lowest BCUT2D eigenvalue weighted by Gasteiger charge is -2.18. The number of aryl methyl sites for hydroxylation is 1. The van der Waals surface area contributed by atoms with Crippen LogP contribution in [0.2, 0.25) is 0 Å². The van der Waals surface area contributed by atoms with E-state index in [0.717, 1.165) is 32.5 Å². The van der Waals surface area contributed by atoms with Crippen molar-refractivity contribution in [2.24, 2.45) is 0 Å². The van der Waals surface area contributed by atoms with E-state index in [1.165, 1.54) is 11.3 Å². The highest BCUT2D eigenvalue weighted by molar-refractivity contribution is 5.22. The Kier molecular flexibility index (Phi) is 5.81. The molecule has 3 nitrogen and oxygen atoms in total. The number of hydrogen-bond acceptors (Lipinski definition) is 2. The molecule has 2 aromatic rings. The lowest BCUT2D eigenvalue weighted by atomic mass is 9.94. The van der Waals surface area contributed by atoms with E-state index in [9.17, 15) is 0 Å². The fourth-order valence-corrected chi connectivity index (χ4v) is 2.55. The highest BCUT2D eigenvalue weighted by Gasteiger charge is 2.14. The lowest BCUT2D eigenvalue weighted by Crippen LogP contribution is -2.23. The molecule has 0 aliphatic heterocycles. The SMILES string of the molecule is CCCn1nccc1CC(CNCC)c1ccccc1. The largest absolute Gasteiger partial charge is 0.316 e. The predicted octanol–water partition coefficient (Wildman–Crippen LogP) is 3.23. The van der Waals surface area contributed by atoms with E-state index in [1.807, 2.05) is 6.20 Å². The van der Waals surface area contributed by atoms with Crippen LogP contribution >= 0.6 is 0 Å². The summed E-state index contributed by atoms with van der Waals surface area (Å²) >= 11 is 0. The summed E-state index contributed by atoms with van der Waals surface area (Å²) < 4.78 is 2.14. The molecule has 1 aromatic heterocycles. The first-order valence-electron chi connectivity index (χ1n) is 7.61. The predicted molar refractivity (Wildman–Crippen MR) is 83.9 cm³/mol. The quantitative estimate of drug-likeness (QED) is 0.799. The highest BCUT2D eigenvalue weighted by atomic mass is 15.3. The normalized spacial score (nSPS) is 12.5. The first kappa shape index (κ1) is 14.8. The minimum absolute atomic E-state index is 0.503. The molecule has 0 bridgehead atoms. The Morgan fingerprint density at radius 2 is 1.95 bits per heavy atom. The molecule has 2 rings (SSSR count). The summed E-state index contributed by atoms with van der Waals surface area (Å²) in [6.07, 6.45) is 4.08. The average molecular weight is 271 g/mol. The van der Waals surface area contributed by atoms with Gasteiger partial charge in [-0.15, -0.1) is 0 Å². The maximum absolute atomic E-state index is 4.43. The maximum Gasteiger partial charge on any atom is 0.0492 e. The van der Waals surface area contributed by atoms with E-state index >= 15 is 0 Å². The maximum atomic E-state index is 4.43. The van der Waals surface area contributed by atoms with Crippen molar-refractivity contribution in [3.63, 3.8) is 0 Å². The zero-order valence-electron chi connectivity index (χ0n) is 12.5. The van der Waals surface area contributed by atoms with Crippen molar-refractivity contribution >= 4 is 0 Å². The summed E-state index contributed by atoms with van der Waals surface area (Å²) in [6.45, 7) is 7.38. The Morgan fingerprint density at radius 3 is 2.65 bits per heavy atom. The standard InChI is InChI=1S/C17H25N3/c1-3-12-20-17(10-11-19-20)13-16(14-18-4-2)15-8-6-5-7-9-15/h5-11,16,18H,3-4,12-14H2,1-2H3. The van der Waals surface area contributed by atoms with E-state index in [0.29, 0.717) is 5.92 Å². The molecule has 1 heterocycles. The van der Waals surface area contributed by atoms with Crippen LogP contribution in [-0.2, 0) is 13.0 Å². The number of aromatic nitrogens is 2. The van der Waals surface area contributed by atoms with E-state index in [1.54, 1.807) is 0 Å². The van der Waals surface area contributed by atoms with Gasteiger partial charge in [0.15, 0.2) is 0 Å². The van der Waals surface area contributed by atoms with Crippen LogP contribution in [0, 0.1) is 0 Å². The van der Waals surface area contributed by atoms with Crippen molar-refractivity contribution in [3.8, 4) is 0 Å². The number of nitrogens with zero attached hydrogens (tertiary/aromatic N) is 2. The van der Waals surface area contributed by atoms with Gasteiger partial charge in [0.25, 0.3) is 0 Å². The van der Waals surface area contributed by atoms with Crippen LogP contribution in [0.25, 0.3) is 0 Å². The molecule has 0 fully saturated rings. The molecule has 1 atom stereocenters. The van der Waals surface area contributed by atoms with Crippen LogP contribution in [0.3, 0.4) is 0 Å². The number of hydrogen-bond donors (Lipinski definition) is 1. The van der Waals surface area contributed by atoms with Gasteiger partial charge in [-0.1, -0.05) is 44.2 Å². The van der Waals surface area contributed by atoms with Gasteiger partial charge in [0.05, 0.1) is 0 Å². The van der Waals surface area contributed by atoms with Crippen molar-refractivity contribution in [1.82, 2.24) is 15.1 Å². The molecule has 20 heavy (non-hydrogen) atoms. The van der Waals surface area contributed by atoms with Crippen molar-refractivity contribution in [2.75, 3.05) is 13.1 Å². The van der Waals surface area contributed by atoms with Crippen LogP contribution in [0.15, 0.2) is 42.6 Å². The summed E-state index contributed by atoms with van der Waals surface area (Å²) in [5.41, 5.74) is 2.73. The fourth-order valence-electron chi connectivity index (χ4n) is 2.55. The Balaban J connectivity index is 2.13. The molecule has 108 valence electrons. The molecule has 3 heteroatoms. The minimum atomic E-state index is 0.503. The van der Waals surface area contributed by atoms with Crippen molar-refractivity contribution < 1.29 is 0 Å². The molecule has 0 aliphatic rings. The molecule has 1 unspecified atom stereocenters. The van der Waals surface area contributed by atoms with Gasteiger partial charge in [0.2, 0.25) is 0 Å².